The first kappa shape index (κ1) is 20.9. The van der Waals surface area contributed by atoms with Crippen molar-refractivity contribution in [1.29, 1.82) is 0 Å². The number of aromatic nitrogens is 3. The molecule has 1 heterocycles. The standard InChI is InChI=1S/C22H24ClN3O3/c1-5-14(4)16-10-15(8-9-29-22(28)13(2)3)21(27)20(11-16)26-24-18-7-6-17(23)12-19(18)25-26/h6-7,10-12,14,27H,2,5,8-9H2,1,3-4H3. The molecule has 2 aromatic carbocycles. The van der Waals surface area contributed by atoms with Gasteiger partial charge in [0, 0.05) is 17.0 Å². The Bertz CT molecular complexity index is 1070. The van der Waals surface area contributed by atoms with Crippen LogP contribution < -0.4 is 0 Å². The topological polar surface area (TPSA) is 77.2 Å². The van der Waals surface area contributed by atoms with Crippen LogP contribution in [0.2, 0.25) is 5.02 Å². The number of nitrogens with zero attached hydrogens (tertiary/aromatic N) is 3. The zero-order valence-electron chi connectivity index (χ0n) is 16.8. The highest BCUT2D eigenvalue weighted by Crippen LogP contribution is 2.32. The summed E-state index contributed by atoms with van der Waals surface area (Å²) in [6, 6.07) is 9.11. The second-order valence-electron chi connectivity index (χ2n) is 7.15. The molecule has 0 aliphatic rings. The molecular formula is C22H24ClN3O3. The van der Waals surface area contributed by atoms with Crippen LogP contribution in [0.4, 0.5) is 0 Å². The number of aromatic hydroxyl groups is 1. The third-order valence-electron chi connectivity index (χ3n) is 4.88. The summed E-state index contributed by atoms with van der Waals surface area (Å²) in [5.74, 6) is -0.0972. The summed E-state index contributed by atoms with van der Waals surface area (Å²) in [6.45, 7) is 9.54. The molecule has 0 aliphatic carbocycles. The van der Waals surface area contributed by atoms with Gasteiger partial charge >= 0.3 is 5.97 Å². The molecule has 3 rings (SSSR count). The SMILES string of the molecule is C=C(C)C(=O)OCCc1cc(C(C)CC)cc(-n2nc3ccc(Cl)cc3n2)c1O. The van der Waals surface area contributed by atoms with Gasteiger partial charge in [-0.1, -0.05) is 38.1 Å². The number of hydrogen-bond donors (Lipinski definition) is 1. The van der Waals surface area contributed by atoms with E-state index in [1.54, 1.807) is 25.1 Å². The van der Waals surface area contributed by atoms with Gasteiger partial charge in [0.05, 0.1) is 6.61 Å². The lowest BCUT2D eigenvalue weighted by Gasteiger charge is -2.16. The number of hydrogen-bond acceptors (Lipinski definition) is 5. The molecule has 0 aliphatic heterocycles. The second kappa shape index (κ2) is 8.66. The number of phenols is 1. The van der Waals surface area contributed by atoms with Crippen molar-refractivity contribution in [2.45, 2.75) is 39.5 Å². The highest BCUT2D eigenvalue weighted by molar-refractivity contribution is 6.31. The minimum Gasteiger partial charge on any atom is -0.505 e. The van der Waals surface area contributed by atoms with Crippen LogP contribution in [0.5, 0.6) is 5.75 Å². The lowest BCUT2D eigenvalue weighted by molar-refractivity contribution is -0.138. The van der Waals surface area contributed by atoms with Crippen molar-refractivity contribution >= 4 is 28.6 Å². The molecule has 0 saturated heterocycles. The fourth-order valence-electron chi connectivity index (χ4n) is 2.94. The molecule has 6 nitrogen and oxygen atoms in total. The molecule has 0 spiro atoms. The van der Waals surface area contributed by atoms with Gasteiger partial charge in [0.15, 0.2) is 0 Å². The van der Waals surface area contributed by atoms with Crippen LogP contribution in [0.3, 0.4) is 0 Å². The molecule has 0 saturated carbocycles. The number of ether oxygens (including phenoxy) is 1. The maximum atomic E-state index is 11.6. The number of esters is 1. The number of carbonyl (C=O) groups is 1. The molecule has 0 fully saturated rings. The fourth-order valence-corrected chi connectivity index (χ4v) is 3.10. The number of rotatable bonds is 7. The molecule has 1 atom stereocenters. The number of phenolic OH excluding ortho intramolecular Hbond substituents is 1. The zero-order chi connectivity index (χ0) is 21.1. The van der Waals surface area contributed by atoms with Gasteiger partial charge in [0.25, 0.3) is 0 Å². The summed E-state index contributed by atoms with van der Waals surface area (Å²) in [7, 11) is 0. The molecule has 1 aromatic heterocycles. The fraction of sp³-hybridized carbons (Fsp3) is 0.318. The van der Waals surface area contributed by atoms with Gasteiger partial charge in [-0.15, -0.1) is 15.0 Å². The van der Waals surface area contributed by atoms with Crippen molar-refractivity contribution in [3.05, 3.63) is 58.6 Å². The van der Waals surface area contributed by atoms with Crippen LogP contribution in [0, 0.1) is 0 Å². The Labute approximate surface area is 174 Å². The molecule has 3 aromatic rings. The molecule has 0 amide bonds. The van der Waals surface area contributed by atoms with E-state index in [2.05, 4.69) is 30.6 Å². The van der Waals surface area contributed by atoms with Crippen molar-refractivity contribution < 1.29 is 14.6 Å². The van der Waals surface area contributed by atoms with Gasteiger partial charge in [-0.2, -0.15) is 0 Å². The summed E-state index contributed by atoms with van der Waals surface area (Å²) >= 11 is 6.05. The van der Waals surface area contributed by atoms with E-state index >= 15 is 0 Å². The lowest BCUT2D eigenvalue weighted by atomic mass is 9.94. The van der Waals surface area contributed by atoms with Crippen LogP contribution in [-0.4, -0.2) is 32.7 Å². The Balaban J connectivity index is 2.00. The van der Waals surface area contributed by atoms with Gasteiger partial charge in [0.1, 0.15) is 22.5 Å². The van der Waals surface area contributed by atoms with Gasteiger partial charge < -0.3 is 9.84 Å². The van der Waals surface area contributed by atoms with E-state index in [0.717, 1.165) is 12.0 Å². The van der Waals surface area contributed by atoms with Crippen molar-refractivity contribution in [3.8, 4) is 11.4 Å². The van der Waals surface area contributed by atoms with Crippen molar-refractivity contribution in [3.63, 3.8) is 0 Å². The second-order valence-corrected chi connectivity index (χ2v) is 7.58. The summed E-state index contributed by atoms with van der Waals surface area (Å²) in [6.07, 6.45) is 1.31. The largest absolute Gasteiger partial charge is 0.505 e. The lowest BCUT2D eigenvalue weighted by Crippen LogP contribution is -2.09. The first-order valence-electron chi connectivity index (χ1n) is 9.51. The number of halogens is 1. The van der Waals surface area contributed by atoms with Gasteiger partial charge in [-0.3, -0.25) is 0 Å². The molecule has 1 unspecified atom stereocenters. The number of fused-ring (bicyclic) bond motifs is 1. The maximum absolute atomic E-state index is 11.6. The third kappa shape index (κ3) is 4.59. The quantitative estimate of drug-likeness (QED) is 0.437. The van der Waals surface area contributed by atoms with Crippen molar-refractivity contribution in [2.24, 2.45) is 0 Å². The Kier molecular flexibility index (Phi) is 6.23. The van der Waals surface area contributed by atoms with Gasteiger partial charge in [0.2, 0.25) is 0 Å². The summed E-state index contributed by atoms with van der Waals surface area (Å²) < 4.78 is 5.19. The Morgan fingerprint density at radius 1 is 1.28 bits per heavy atom. The molecule has 152 valence electrons. The first-order valence-corrected chi connectivity index (χ1v) is 9.89. The predicted octanol–water partition coefficient (Wildman–Crippen LogP) is 4.95. The number of benzene rings is 2. The van der Waals surface area contributed by atoms with E-state index < -0.39 is 5.97 Å². The van der Waals surface area contributed by atoms with Crippen molar-refractivity contribution in [1.82, 2.24) is 15.0 Å². The summed E-state index contributed by atoms with van der Waals surface area (Å²) in [4.78, 5) is 13.1. The van der Waals surface area contributed by atoms with E-state index in [4.69, 9.17) is 16.3 Å². The molecule has 0 bridgehead atoms. The van der Waals surface area contributed by atoms with Crippen LogP contribution in [0.1, 0.15) is 44.2 Å². The predicted molar refractivity (Wildman–Crippen MR) is 114 cm³/mol. The van der Waals surface area contributed by atoms with Gasteiger partial charge in [-0.05, 0) is 54.7 Å². The molecule has 1 N–H and O–H groups in total. The highest BCUT2D eigenvalue weighted by atomic mass is 35.5. The van der Waals surface area contributed by atoms with E-state index in [9.17, 15) is 9.90 Å². The number of carbonyl (C=O) groups excluding carboxylic acids is 1. The molecule has 7 heteroatoms. The van der Waals surface area contributed by atoms with Gasteiger partial charge in [-0.25, -0.2) is 4.79 Å². The summed E-state index contributed by atoms with van der Waals surface area (Å²) in [5, 5.41) is 20.4. The Morgan fingerprint density at radius 2 is 2.00 bits per heavy atom. The first-order chi connectivity index (χ1) is 13.8. The van der Waals surface area contributed by atoms with E-state index in [0.29, 0.717) is 39.3 Å². The average molecular weight is 414 g/mol. The molecule has 0 radical (unpaired) electrons. The maximum Gasteiger partial charge on any atom is 0.333 e. The monoisotopic (exact) mass is 413 g/mol. The smallest absolute Gasteiger partial charge is 0.333 e. The van der Waals surface area contributed by atoms with Crippen LogP contribution in [0.15, 0.2) is 42.5 Å². The highest BCUT2D eigenvalue weighted by Gasteiger charge is 2.17. The average Bonchev–Trinajstić information content (AvgIpc) is 3.11. The Hall–Kier alpha value is -2.86. The van der Waals surface area contributed by atoms with Crippen LogP contribution >= 0.6 is 11.6 Å². The van der Waals surface area contributed by atoms with E-state index in [1.807, 2.05) is 12.1 Å². The Morgan fingerprint density at radius 3 is 2.69 bits per heavy atom. The minimum atomic E-state index is -0.445. The van der Waals surface area contributed by atoms with Crippen molar-refractivity contribution in [2.75, 3.05) is 6.61 Å². The normalized spacial score (nSPS) is 12.1. The summed E-state index contributed by atoms with van der Waals surface area (Å²) in [5.41, 5.74) is 3.88. The molecular weight excluding hydrogens is 390 g/mol. The van der Waals surface area contributed by atoms with Crippen LogP contribution in [0.25, 0.3) is 16.7 Å². The van der Waals surface area contributed by atoms with E-state index in [-0.39, 0.29) is 18.3 Å². The minimum absolute atomic E-state index is 0.0647. The third-order valence-corrected chi connectivity index (χ3v) is 5.12. The van der Waals surface area contributed by atoms with E-state index in [1.165, 1.54) is 4.80 Å². The zero-order valence-corrected chi connectivity index (χ0v) is 17.5. The molecule has 29 heavy (non-hydrogen) atoms. The van der Waals surface area contributed by atoms with Crippen LogP contribution in [-0.2, 0) is 16.0 Å².